The Morgan fingerprint density at radius 2 is 0.674 bits per heavy atom. The molecule has 135 heavy (non-hydrogen) atoms. The maximum absolute atomic E-state index is 12.9. The summed E-state index contributed by atoms with van der Waals surface area (Å²) in [6, 6.07) is -0.515. The second kappa shape index (κ2) is 39.0. The van der Waals surface area contributed by atoms with Crippen LogP contribution in [0.1, 0.15) is 395 Å². The van der Waals surface area contributed by atoms with Crippen LogP contribution in [0.4, 0.5) is 0 Å². The summed E-state index contributed by atoms with van der Waals surface area (Å²) in [5, 5.41) is 0. The van der Waals surface area contributed by atoms with Crippen LogP contribution in [0, 0.1) is 135 Å². The Kier molecular flexibility index (Phi) is 30.5. The number of ether oxygens (including phenoxy) is 10. The molecule has 18 aliphatic rings. The highest BCUT2D eigenvalue weighted by Crippen LogP contribution is 2.76. The molecule has 18 heteroatoms. The van der Waals surface area contributed by atoms with E-state index in [4.69, 9.17) is 53.9 Å². The fraction of sp³-hybridized carbons (Fsp3) is 0.829. The van der Waals surface area contributed by atoms with Gasteiger partial charge in [0, 0.05) is 108 Å². The first-order chi connectivity index (χ1) is 63.4. The van der Waals surface area contributed by atoms with Gasteiger partial charge in [0.15, 0.2) is 17.4 Å². The first kappa shape index (κ1) is 105. The Bertz CT molecular complexity index is 4650. The molecule has 0 N–H and O–H groups in total. The van der Waals surface area contributed by atoms with E-state index in [-0.39, 0.29) is 111 Å². The minimum absolute atomic E-state index is 0.00905. The van der Waals surface area contributed by atoms with Crippen LogP contribution in [0.5, 0.6) is 0 Å². The summed E-state index contributed by atoms with van der Waals surface area (Å²) in [4.78, 5) is 88.1. The van der Waals surface area contributed by atoms with E-state index >= 15 is 0 Å². The van der Waals surface area contributed by atoms with Crippen molar-refractivity contribution < 1.29 is 80.9 Å². The van der Waals surface area contributed by atoms with Gasteiger partial charge < -0.3 is 52.2 Å². The molecule has 3 saturated heterocycles. The molecule has 0 aromatic heterocycles. The molecule has 13 fully saturated rings. The number of carbonyl (C=O) groups is 7. The van der Waals surface area contributed by atoms with E-state index in [0.717, 1.165) is 200 Å². The summed E-state index contributed by atoms with van der Waals surface area (Å²) in [5.41, 5.74) is 9.86. The van der Waals surface area contributed by atoms with Crippen molar-refractivity contribution in [1.29, 1.82) is 0 Å². The lowest BCUT2D eigenvalue weighted by Crippen LogP contribution is -2.62. The molecule has 0 radical (unpaired) electrons. The Labute approximate surface area is 814 Å². The molecule has 0 amide bonds. The van der Waals surface area contributed by atoms with E-state index < -0.39 is 23.0 Å². The highest BCUT2D eigenvalue weighted by atomic mass is 16.8. The van der Waals surface area contributed by atoms with Crippen LogP contribution in [-0.2, 0) is 80.9 Å². The maximum Gasteiger partial charge on any atom is 0.305 e. The number of hydrogen-bond donors (Lipinski definition) is 0. The molecule has 3 heterocycles. The lowest BCUT2D eigenvalue weighted by Gasteiger charge is -2.65. The summed E-state index contributed by atoms with van der Waals surface area (Å²) in [6.45, 7) is 58.8. The average molecular weight is 1870 g/mol. The molecule has 10 saturated carbocycles. The molecular formula is C117H179NO17. The Balaban J connectivity index is 0.000000135. The standard InChI is InChI=1S/C25H40O4.C25H38O4.C24H35NO3.C23H36O3.C20H30O3/c2*1-22(2)19-12-13-23(3)18(9-7-11-21(26)27-5)8-6-10-20(23)24(19,4)14-15-25(22)28-16-17-29-25;1-22(2)18-13-14-23(3)16(10-8-12-20(26)28-6)9-7-11-19(23)24(18,4)15-17(25-5)21(22)27;1-21(2)17-12-14-22(3)16(9-7-11-20(25)26-5)8-6-10-18(22)23(17,4)15-13-19(21)24;1-17(2)14-8-9-19(4)15(6-5-7-16(19)21)18(14,3)10-11-20(17)22-12-13-23-20/h10,18-19H,6-9,11-17H2,1-5H3;9-10,19H,6-8,11-17H2,1-5H3;11,16-18H,7-10,12-15H2,1-4,6H3;10,16-17H,6-9,11-15H2,1-5H3;6,14H,5,7-13H2,1-4H3/t18-,19-,23-,24-;19-,23-,24-;16-,17?,18-,23-,24-;16-,17-,22-,23-;14-,18-,19+/m00000/s1. The largest absolute Gasteiger partial charge is 0.469 e. The van der Waals surface area contributed by atoms with E-state index in [9.17, 15) is 33.6 Å². The summed E-state index contributed by atoms with van der Waals surface area (Å²) >= 11 is 0. The smallest absolute Gasteiger partial charge is 0.305 e. The van der Waals surface area contributed by atoms with Gasteiger partial charge in [0.05, 0.1) is 68.1 Å². The van der Waals surface area contributed by atoms with Crippen molar-refractivity contribution in [1.82, 2.24) is 0 Å². The van der Waals surface area contributed by atoms with E-state index in [1.807, 2.05) is 0 Å². The Morgan fingerprint density at radius 1 is 0.348 bits per heavy atom. The quantitative estimate of drug-likeness (QED) is 0.0644. The first-order valence-electron chi connectivity index (χ1n) is 53.8. The molecule has 18 rings (SSSR count). The van der Waals surface area contributed by atoms with Gasteiger partial charge in [-0.3, -0.25) is 33.6 Å². The molecule has 3 aliphatic heterocycles. The normalized spacial score (nSPS) is 40.2. The Morgan fingerprint density at radius 3 is 1.07 bits per heavy atom. The first-order valence-corrected chi connectivity index (χ1v) is 53.8. The summed E-state index contributed by atoms with van der Waals surface area (Å²) in [5.74, 6) is 3.71. The van der Waals surface area contributed by atoms with Crippen molar-refractivity contribution in [2.24, 2.45) is 129 Å². The van der Waals surface area contributed by atoms with Gasteiger partial charge in [-0.25, -0.2) is 6.57 Å². The van der Waals surface area contributed by atoms with Crippen LogP contribution in [-0.4, -0.2) is 133 Å². The highest BCUT2D eigenvalue weighted by Gasteiger charge is 2.72. The van der Waals surface area contributed by atoms with E-state index in [1.165, 1.54) is 96.5 Å². The van der Waals surface area contributed by atoms with E-state index in [0.29, 0.717) is 104 Å². The second-order valence-electron chi connectivity index (χ2n) is 50.7. The van der Waals surface area contributed by atoms with Gasteiger partial charge in [0.25, 0.3) is 6.04 Å². The van der Waals surface area contributed by atoms with Gasteiger partial charge in [0.2, 0.25) is 5.78 Å². The molecule has 0 aromatic rings. The average Bonchev–Trinajstić information content (AvgIpc) is 1.67. The van der Waals surface area contributed by atoms with Crippen LogP contribution in [0.2, 0.25) is 0 Å². The number of rotatable bonds is 15. The van der Waals surface area contributed by atoms with E-state index in [1.54, 1.807) is 16.7 Å². The molecule has 19 atom stereocenters. The molecule has 0 aromatic carbocycles. The second-order valence-corrected chi connectivity index (χ2v) is 50.7. The fourth-order valence-corrected chi connectivity index (χ4v) is 35.6. The maximum atomic E-state index is 12.9. The van der Waals surface area contributed by atoms with Crippen molar-refractivity contribution in [3.63, 3.8) is 0 Å². The number of ketones is 3. The predicted octanol–water partition coefficient (Wildman–Crippen LogP) is 26.3. The van der Waals surface area contributed by atoms with Crippen molar-refractivity contribution in [2.75, 3.05) is 68.1 Å². The van der Waals surface area contributed by atoms with Crippen molar-refractivity contribution >= 4 is 41.2 Å². The van der Waals surface area contributed by atoms with Crippen molar-refractivity contribution in [2.45, 2.75) is 419 Å². The molecule has 15 aliphatic carbocycles. The monoisotopic (exact) mass is 1870 g/mol. The van der Waals surface area contributed by atoms with Crippen LogP contribution in [0.15, 0.2) is 69.9 Å². The molecule has 0 bridgehead atoms. The number of methoxy groups -OCH3 is 4. The summed E-state index contributed by atoms with van der Waals surface area (Å²) < 4.78 is 56.7. The van der Waals surface area contributed by atoms with Gasteiger partial charge in [-0.2, -0.15) is 0 Å². The Hall–Kier alpha value is -5.42. The fourth-order valence-electron chi connectivity index (χ4n) is 35.6. The van der Waals surface area contributed by atoms with E-state index in [2.05, 4.69) is 180 Å². The third-order valence-corrected chi connectivity index (χ3v) is 43.0. The lowest BCUT2D eigenvalue weighted by molar-refractivity contribution is -0.285. The molecule has 754 valence electrons. The summed E-state index contributed by atoms with van der Waals surface area (Å²) in [6.07, 6.45) is 54.6. The predicted molar refractivity (Wildman–Crippen MR) is 528 cm³/mol. The van der Waals surface area contributed by atoms with Crippen LogP contribution in [0.25, 0.3) is 4.85 Å². The SMILES string of the molecule is CC1(C)[C@@H]2CC[C@@]3(C)C(=O)CCC=C3[C@@]2(C)CCC12OCCO2.COC(=O)CCC=C1CCC=C2[C@@]1(C)CC[C@H]1C(C)(C)C3(CC[C@]21C)OCCO3.COC(=O)CCC[C@@H]1CCC=C2[C@@]1(C)CC[C@H]1C(C)(C)C(=O)CC[C@]21C.COC(=O)CCC[C@@H]1CCC=C2[C@@]1(C)CC[C@H]1C(C)(C)C3(CC[C@]21C)OCCO3.[C-]#[N+]C1C[C@]2(C)C3=CCC[C@@H](CCCC(=O)OC)[C@]3(C)CC[C@H]2C(C)(C)C1=O. The van der Waals surface area contributed by atoms with Gasteiger partial charge in [-0.05, 0) is 285 Å². The number of Topliss-reactive ketones (excluding diaryl/α,β-unsaturated/α-hetero) is 3. The molecule has 1 unspecified atom stereocenters. The number of hydrogen-bond acceptors (Lipinski definition) is 17. The van der Waals surface area contributed by atoms with Crippen LogP contribution >= 0.6 is 0 Å². The number of nitrogens with zero attached hydrogens (tertiary/aromatic N) is 1. The summed E-state index contributed by atoms with van der Waals surface area (Å²) in [7, 11) is 5.88. The molecule has 3 spiro atoms. The third kappa shape index (κ3) is 17.8. The van der Waals surface area contributed by atoms with Gasteiger partial charge >= 0.3 is 23.9 Å². The minimum atomic E-state index is -0.515. The van der Waals surface area contributed by atoms with Gasteiger partial charge in [-0.1, -0.05) is 201 Å². The number of allylic oxidation sites excluding steroid dienone is 12. The molecular weight excluding hydrogens is 1690 g/mol. The highest BCUT2D eigenvalue weighted by molar-refractivity contribution is 5.92. The zero-order valence-electron chi connectivity index (χ0n) is 88.6. The number of esters is 4. The topological polar surface area (TPSA) is 216 Å². The number of fused-ring (bicyclic) bond motifs is 15. The van der Waals surface area contributed by atoms with Crippen LogP contribution < -0.4 is 0 Å². The number of carbonyl (C=O) groups excluding carboxylic acids is 7. The van der Waals surface area contributed by atoms with Crippen molar-refractivity contribution in [3.05, 3.63) is 81.3 Å². The zero-order chi connectivity index (χ0) is 98.2. The zero-order valence-corrected chi connectivity index (χ0v) is 88.6. The molecule has 18 nitrogen and oxygen atoms in total. The van der Waals surface area contributed by atoms with Crippen LogP contribution in [0.3, 0.4) is 0 Å². The third-order valence-electron chi connectivity index (χ3n) is 43.0. The van der Waals surface area contributed by atoms with Gasteiger partial charge in [0.1, 0.15) is 11.6 Å². The lowest BCUT2D eigenvalue weighted by atomic mass is 9.41. The van der Waals surface area contributed by atoms with Gasteiger partial charge in [-0.15, -0.1) is 0 Å². The minimum Gasteiger partial charge on any atom is -0.469 e. The van der Waals surface area contributed by atoms with Crippen molar-refractivity contribution in [3.8, 4) is 0 Å².